The lowest BCUT2D eigenvalue weighted by Crippen LogP contribution is -2.32. The van der Waals surface area contributed by atoms with E-state index in [4.69, 9.17) is 4.42 Å². The van der Waals surface area contributed by atoms with Crippen LogP contribution in [0.15, 0.2) is 34.9 Å². The van der Waals surface area contributed by atoms with Gasteiger partial charge >= 0.3 is 0 Å². The van der Waals surface area contributed by atoms with Crippen LogP contribution in [-0.4, -0.2) is 4.98 Å². The molecule has 1 aromatic carbocycles. The first-order chi connectivity index (χ1) is 12.8. The molecule has 0 N–H and O–H groups in total. The van der Waals surface area contributed by atoms with Crippen LogP contribution >= 0.6 is 0 Å². The van der Waals surface area contributed by atoms with Crippen molar-refractivity contribution in [3.8, 4) is 11.3 Å². The van der Waals surface area contributed by atoms with Crippen molar-refractivity contribution < 1.29 is 17.8 Å². The van der Waals surface area contributed by atoms with Crippen molar-refractivity contribution in [2.45, 2.75) is 33.6 Å². The van der Waals surface area contributed by atoms with E-state index in [-0.39, 0.29) is 11.1 Å². The Labute approximate surface area is 156 Å². The number of rotatable bonds is 2. The van der Waals surface area contributed by atoms with Gasteiger partial charge in [0, 0.05) is 23.1 Å². The van der Waals surface area contributed by atoms with Crippen molar-refractivity contribution in [3.63, 3.8) is 0 Å². The number of fused-ring (bicyclic) bond motifs is 3. The van der Waals surface area contributed by atoms with Gasteiger partial charge in [-0.1, -0.05) is 26.0 Å². The molecule has 0 radical (unpaired) electrons. The van der Waals surface area contributed by atoms with E-state index in [0.29, 0.717) is 16.9 Å². The van der Waals surface area contributed by atoms with E-state index in [2.05, 4.69) is 42.6 Å². The van der Waals surface area contributed by atoms with Gasteiger partial charge in [0.15, 0.2) is 11.8 Å². The van der Waals surface area contributed by atoms with E-state index in [0.717, 1.165) is 22.9 Å². The first kappa shape index (κ1) is 17.6. The van der Waals surface area contributed by atoms with Crippen molar-refractivity contribution in [2.75, 3.05) is 0 Å². The molecule has 0 aliphatic rings. The average Bonchev–Trinajstić information content (AvgIpc) is 2.94. The van der Waals surface area contributed by atoms with Crippen LogP contribution in [0.2, 0.25) is 0 Å². The Morgan fingerprint density at radius 3 is 2.52 bits per heavy atom. The highest BCUT2D eigenvalue weighted by molar-refractivity contribution is 6.09. The number of benzene rings is 1. The fraction of sp³-hybridized carbons (Fsp3) is 0.273. The summed E-state index contributed by atoms with van der Waals surface area (Å²) in [5, 5.41) is 0.812. The normalized spacial score (nSPS) is 11.9. The summed E-state index contributed by atoms with van der Waals surface area (Å²) < 4.78 is 35.8. The third-order valence-corrected chi connectivity index (χ3v) is 5.14. The standard InChI is InChI=1S/C22H21F2N2O/c1-11(2)15-10-26(5)17(8-13(15)4)19-12(3)6-7-14-20-16(23)9-18(24)25-22(20)27-21(14)19/h6-11H,1-5H3/q+1. The molecule has 0 amide bonds. The molecule has 0 aliphatic carbocycles. The Kier molecular flexibility index (Phi) is 3.98. The summed E-state index contributed by atoms with van der Waals surface area (Å²) in [6.45, 7) is 8.40. The number of pyridine rings is 2. The van der Waals surface area contributed by atoms with Crippen LogP contribution in [0.1, 0.15) is 36.5 Å². The van der Waals surface area contributed by atoms with Crippen molar-refractivity contribution in [3.05, 3.63) is 58.9 Å². The highest BCUT2D eigenvalue weighted by Gasteiger charge is 2.24. The SMILES string of the molecule is Cc1cc(-c2c(C)ccc3c2oc2nc(F)cc(F)c23)[n+](C)cc1C(C)C. The number of hydrogen-bond acceptors (Lipinski definition) is 2. The molecule has 0 saturated carbocycles. The molecule has 0 aliphatic heterocycles. The molecule has 5 heteroatoms. The molecule has 0 bridgehead atoms. The van der Waals surface area contributed by atoms with E-state index in [1.165, 1.54) is 11.1 Å². The lowest BCUT2D eigenvalue weighted by atomic mass is 9.95. The monoisotopic (exact) mass is 367 g/mol. The Morgan fingerprint density at radius 1 is 1.07 bits per heavy atom. The van der Waals surface area contributed by atoms with Gasteiger partial charge in [-0.05, 0) is 30.9 Å². The fourth-order valence-electron chi connectivity index (χ4n) is 3.80. The first-order valence-electron chi connectivity index (χ1n) is 8.96. The van der Waals surface area contributed by atoms with Gasteiger partial charge in [-0.3, -0.25) is 0 Å². The molecule has 0 spiro atoms. The topological polar surface area (TPSA) is 29.9 Å². The van der Waals surface area contributed by atoms with Crippen molar-refractivity contribution in [1.82, 2.24) is 4.98 Å². The number of aryl methyl sites for hydroxylation is 3. The fourth-order valence-corrected chi connectivity index (χ4v) is 3.80. The third-order valence-electron chi connectivity index (χ3n) is 5.14. The Morgan fingerprint density at radius 2 is 1.81 bits per heavy atom. The lowest BCUT2D eigenvalue weighted by molar-refractivity contribution is -0.660. The molecule has 3 heterocycles. The van der Waals surface area contributed by atoms with Crippen LogP contribution < -0.4 is 4.57 Å². The minimum absolute atomic E-state index is 0.0208. The first-order valence-corrected chi connectivity index (χ1v) is 8.96. The van der Waals surface area contributed by atoms with Gasteiger partial charge in [0.1, 0.15) is 12.9 Å². The zero-order valence-electron chi connectivity index (χ0n) is 16.0. The molecule has 0 saturated heterocycles. The van der Waals surface area contributed by atoms with E-state index < -0.39 is 11.8 Å². The van der Waals surface area contributed by atoms with Crippen LogP contribution in [0.4, 0.5) is 8.78 Å². The minimum Gasteiger partial charge on any atom is -0.437 e. The van der Waals surface area contributed by atoms with Gasteiger partial charge in [0.2, 0.25) is 17.4 Å². The second-order valence-corrected chi connectivity index (χ2v) is 7.41. The number of halogens is 2. The summed E-state index contributed by atoms with van der Waals surface area (Å²) >= 11 is 0. The maximum Gasteiger partial charge on any atom is 0.232 e. The summed E-state index contributed by atoms with van der Waals surface area (Å²) in [5.74, 6) is -1.14. The second kappa shape index (κ2) is 6.12. The smallest absolute Gasteiger partial charge is 0.232 e. The van der Waals surface area contributed by atoms with Crippen LogP contribution in [-0.2, 0) is 7.05 Å². The molecule has 27 heavy (non-hydrogen) atoms. The van der Waals surface area contributed by atoms with E-state index >= 15 is 0 Å². The lowest BCUT2D eigenvalue weighted by Gasteiger charge is -2.11. The number of furan rings is 1. The van der Waals surface area contributed by atoms with Gasteiger partial charge in [-0.2, -0.15) is 9.37 Å². The van der Waals surface area contributed by atoms with Crippen LogP contribution in [0.25, 0.3) is 33.3 Å². The van der Waals surface area contributed by atoms with Crippen molar-refractivity contribution in [2.24, 2.45) is 7.05 Å². The Hall–Kier alpha value is -2.82. The summed E-state index contributed by atoms with van der Waals surface area (Å²) in [6.07, 6.45) is 2.12. The highest BCUT2D eigenvalue weighted by Crippen LogP contribution is 2.37. The van der Waals surface area contributed by atoms with Crippen LogP contribution in [0.3, 0.4) is 0 Å². The van der Waals surface area contributed by atoms with Crippen molar-refractivity contribution in [1.29, 1.82) is 0 Å². The van der Waals surface area contributed by atoms with Crippen LogP contribution in [0, 0.1) is 25.6 Å². The summed E-state index contributed by atoms with van der Waals surface area (Å²) in [7, 11) is 1.99. The van der Waals surface area contributed by atoms with E-state index in [9.17, 15) is 8.78 Å². The highest BCUT2D eigenvalue weighted by atomic mass is 19.1. The number of hydrogen-bond donors (Lipinski definition) is 0. The maximum atomic E-state index is 14.4. The summed E-state index contributed by atoms with van der Waals surface area (Å²) in [4.78, 5) is 3.74. The van der Waals surface area contributed by atoms with Gasteiger partial charge < -0.3 is 4.42 Å². The molecule has 138 valence electrons. The van der Waals surface area contributed by atoms with Crippen LogP contribution in [0.5, 0.6) is 0 Å². The summed E-state index contributed by atoms with van der Waals surface area (Å²) in [6, 6.07) is 6.65. The molecule has 0 atom stereocenters. The molecule has 3 nitrogen and oxygen atoms in total. The van der Waals surface area contributed by atoms with Gasteiger partial charge in [0.25, 0.3) is 0 Å². The number of nitrogens with zero attached hydrogens (tertiary/aromatic N) is 2. The zero-order valence-corrected chi connectivity index (χ0v) is 16.0. The molecule has 0 fully saturated rings. The largest absolute Gasteiger partial charge is 0.437 e. The Balaban J connectivity index is 2.10. The predicted octanol–water partition coefficient (Wildman–Crippen LogP) is 5.49. The molecule has 4 rings (SSSR count). The minimum atomic E-state index is -0.889. The second-order valence-electron chi connectivity index (χ2n) is 7.41. The van der Waals surface area contributed by atoms with Gasteiger partial charge in [0.05, 0.1) is 10.9 Å². The maximum absolute atomic E-state index is 14.4. The molecular weight excluding hydrogens is 346 g/mol. The molecule has 3 aromatic heterocycles. The third kappa shape index (κ3) is 2.69. The predicted molar refractivity (Wildman–Crippen MR) is 102 cm³/mol. The molecule has 0 unspecified atom stereocenters. The van der Waals surface area contributed by atoms with E-state index in [1.54, 1.807) is 6.07 Å². The van der Waals surface area contributed by atoms with Gasteiger partial charge in [-0.15, -0.1) is 0 Å². The molecule has 4 aromatic rings. The van der Waals surface area contributed by atoms with Gasteiger partial charge in [-0.25, -0.2) is 8.96 Å². The molecular formula is C22H21F2N2O+. The quantitative estimate of drug-likeness (QED) is 0.346. The Bertz CT molecular complexity index is 1210. The van der Waals surface area contributed by atoms with Crippen molar-refractivity contribution >= 4 is 22.1 Å². The number of aromatic nitrogens is 2. The average molecular weight is 367 g/mol. The van der Waals surface area contributed by atoms with E-state index in [1.807, 2.05) is 20.0 Å². The summed E-state index contributed by atoms with van der Waals surface area (Å²) in [5.41, 5.74) is 5.77. The zero-order chi connectivity index (χ0) is 19.5.